The van der Waals surface area contributed by atoms with E-state index < -0.39 is 0 Å². The maximum absolute atomic E-state index is 11.9. The van der Waals surface area contributed by atoms with Gasteiger partial charge in [0.05, 0.1) is 6.42 Å². The van der Waals surface area contributed by atoms with Crippen LogP contribution in [0.5, 0.6) is 0 Å². The van der Waals surface area contributed by atoms with E-state index in [0.29, 0.717) is 16.3 Å². The molecule has 0 radical (unpaired) electrons. The van der Waals surface area contributed by atoms with Gasteiger partial charge in [-0.1, -0.05) is 23.7 Å². The molecular weight excluding hydrogens is 290 g/mol. The van der Waals surface area contributed by atoms with Gasteiger partial charge in [0, 0.05) is 16.3 Å². The van der Waals surface area contributed by atoms with Crippen molar-refractivity contribution in [1.29, 1.82) is 0 Å². The maximum Gasteiger partial charge on any atom is 0.265 e. The van der Waals surface area contributed by atoms with Crippen LogP contribution in [0, 0.1) is 0 Å². The number of carbonyl (C=O) groups excluding carboxylic acids is 2. The van der Waals surface area contributed by atoms with Gasteiger partial charge in [0.2, 0.25) is 5.91 Å². The second kappa shape index (κ2) is 6.88. The van der Waals surface area contributed by atoms with Gasteiger partial charge in [0.15, 0.2) is 0 Å². The van der Waals surface area contributed by atoms with E-state index in [9.17, 15) is 9.59 Å². The molecule has 0 fully saturated rings. The Balaban J connectivity index is 1.96. The Morgan fingerprint density at radius 1 is 1.00 bits per heavy atom. The van der Waals surface area contributed by atoms with Crippen molar-refractivity contribution in [2.75, 3.05) is 5.32 Å². The molecule has 21 heavy (non-hydrogen) atoms. The molecule has 0 aromatic heterocycles. The first-order chi connectivity index (χ1) is 10.1. The monoisotopic (exact) mass is 303 g/mol. The van der Waals surface area contributed by atoms with E-state index in [4.69, 9.17) is 17.4 Å². The molecule has 0 atom stereocenters. The van der Waals surface area contributed by atoms with Crippen molar-refractivity contribution < 1.29 is 9.59 Å². The van der Waals surface area contributed by atoms with Gasteiger partial charge in [0.1, 0.15) is 0 Å². The summed E-state index contributed by atoms with van der Waals surface area (Å²) in [6.45, 7) is 0. The molecule has 0 spiro atoms. The van der Waals surface area contributed by atoms with E-state index in [1.165, 1.54) is 0 Å². The van der Waals surface area contributed by atoms with Crippen molar-refractivity contribution in [2.45, 2.75) is 6.42 Å². The first-order valence-electron chi connectivity index (χ1n) is 6.24. The van der Waals surface area contributed by atoms with Crippen LogP contribution < -0.4 is 16.6 Å². The van der Waals surface area contributed by atoms with Gasteiger partial charge in [-0.2, -0.15) is 0 Å². The fraction of sp³-hybridized carbons (Fsp3) is 0.0667. The Bertz CT molecular complexity index is 639. The van der Waals surface area contributed by atoms with Crippen molar-refractivity contribution in [2.24, 2.45) is 5.84 Å². The van der Waals surface area contributed by atoms with Gasteiger partial charge in [-0.3, -0.25) is 15.0 Å². The van der Waals surface area contributed by atoms with Gasteiger partial charge in [0.25, 0.3) is 5.91 Å². The lowest BCUT2D eigenvalue weighted by molar-refractivity contribution is -0.115. The van der Waals surface area contributed by atoms with E-state index in [1.54, 1.807) is 48.5 Å². The zero-order valence-corrected chi connectivity index (χ0v) is 11.9. The molecule has 6 heteroatoms. The predicted molar refractivity (Wildman–Crippen MR) is 81.9 cm³/mol. The minimum atomic E-state index is -0.381. The number of hydrazine groups is 1. The summed E-state index contributed by atoms with van der Waals surface area (Å²) in [5.74, 6) is 4.52. The van der Waals surface area contributed by atoms with Crippen LogP contribution in [-0.2, 0) is 11.2 Å². The SMILES string of the molecule is NNC(=O)c1ccc(NC(=O)Cc2ccc(Cl)cc2)cc1. The van der Waals surface area contributed by atoms with Crippen LogP contribution in [0.2, 0.25) is 5.02 Å². The van der Waals surface area contributed by atoms with Crippen LogP contribution >= 0.6 is 11.6 Å². The fourth-order valence-corrected chi connectivity index (χ4v) is 1.91. The number of amides is 2. The summed E-state index contributed by atoms with van der Waals surface area (Å²) in [5, 5.41) is 3.39. The number of anilines is 1. The molecule has 0 saturated carbocycles. The maximum atomic E-state index is 11.9. The summed E-state index contributed by atoms with van der Waals surface area (Å²) in [6.07, 6.45) is 0.252. The zero-order chi connectivity index (χ0) is 15.2. The topological polar surface area (TPSA) is 84.2 Å². The number of hydrogen-bond acceptors (Lipinski definition) is 3. The Hall–Kier alpha value is -2.37. The highest BCUT2D eigenvalue weighted by Crippen LogP contribution is 2.12. The Morgan fingerprint density at radius 3 is 2.19 bits per heavy atom. The highest BCUT2D eigenvalue weighted by atomic mass is 35.5. The molecule has 0 saturated heterocycles. The van der Waals surface area contributed by atoms with E-state index in [-0.39, 0.29) is 18.2 Å². The molecule has 0 aliphatic rings. The first kappa shape index (κ1) is 15.0. The van der Waals surface area contributed by atoms with Crippen LogP contribution in [0.1, 0.15) is 15.9 Å². The molecule has 5 nitrogen and oxygen atoms in total. The van der Waals surface area contributed by atoms with Gasteiger partial charge in [-0.25, -0.2) is 5.84 Å². The molecule has 0 unspecified atom stereocenters. The largest absolute Gasteiger partial charge is 0.326 e. The molecular formula is C15H14ClN3O2. The predicted octanol–water partition coefficient (Wildman–Crippen LogP) is 2.12. The summed E-state index contributed by atoms with van der Waals surface area (Å²) in [5.41, 5.74) is 3.95. The second-order valence-electron chi connectivity index (χ2n) is 4.40. The quantitative estimate of drug-likeness (QED) is 0.459. The molecule has 0 bridgehead atoms. The van der Waals surface area contributed by atoms with E-state index >= 15 is 0 Å². The highest BCUT2D eigenvalue weighted by Gasteiger charge is 2.06. The molecule has 0 heterocycles. The Labute approximate surface area is 127 Å². The summed E-state index contributed by atoms with van der Waals surface area (Å²) in [7, 11) is 0. The number of nitrogen functional groups attached to an aromatic ring is 1. The number of nitrogens with one attached hydrogen (secondary N) is 2. The zero-order valence-electron chi connectivity index (χ0n) is 11.1. The number of nitrogens with two attached hydrogens (primary N) is 1. The van der Waals surface area contributed by atoms with Crippen molar-refractivity contribution >= 4 is 29.1 Å². The van der Waals surface area contributed by atoms with Crippen LogP contribution in [0.4, 0.5) is 5.69 Å². The van der Waals surface area contributed by atoms with Crippen molar-refractivity contribution in [3.05, 3.63) is 64.7 Å². The standard InChI is InChI=1S/C15H14ClN3O2/c16-12-5-1-10(2-6-12)9-14(20)18-13-7-3-11(4-8-13)15(21)19-17/h1-8H,9,17H2,(H,18,20)(H,19,21). The van der Waals surface area contributed by atoms with Crippen LogP contribution in [0.15, 0.2) is 48.5 Å². The third-order valence-electron chi connectivity index (χ3n) is 2.84. The van der Waals surface area contributed by atoms with Crippen LogP contribution in [0.3, 0.4) is 0 Å². The Morgan fingerprint density at radius 2 is 1.62 bits per heavy atom. The second-order valence-corrected chi connectivity index (χ2v) is 4.84. The first-order valence-corrected chi connectivity index (χ1v) is 6.61. The average molecular weight is 304 g/mol. The lowest BCUT2D eigenvalue weighted by atomic mass is 10.1. The summed E-state index contributed by atoms with van der Waals surface area (Å²) >= 11 is 5.79. The van der Waals surface area contributed by atoms with Gasteiger partial charge < -0.3 is 5.32 Å². The van der Waals surface area contributed by atoms with E-state index in [1.807, 2.05) is 5.43 Å². The minimum Gasteiger partial charge on any atom is -0.326 e. The fourth-order valence-electron chi connectivity index (χ4n) is 1.78. The molecule has 2 amide bonds. The number of rotatable bonds is 4. The molecule has 4 N–H and O–H groups in total. The smallest absolute Gasteiger partial charge is 0.265 e. The third-order valence-corrected chi connectivity index (χ3v) is 3.09. The van der Waals surface area contributed by atoms with Crippen molar-refractivity contribution in [1.82, 2.24) is 5.43 Å². The molecule has 108 valence electrons. The summed E-state index contributed by atoms with van der Waals surface area (Å²) in [6, 6.07) is 13.5. The number of hydrogen-bond donors (Lipinski definition) is 3. The molecule has 0 aliphatic heterocycles. The normalized spacial score (nSPS) is 10.0. The molecule has 0 aliphatic carbocycles. The van der Waals surface area contributed by atoms with Gasteiger partial charge >= 0.3 is 0 Å². The molecule has 2 aromatic carbocycles. The Kier molecular flexibility index (Phi) is 4.92. The van der Waals surface area contributed by atoms with Crippen LogP contribution in [0.25, 0.3) is 0 Å². The number of benzene rings is 2. The lowest BCUT2D eigenvalue weighted by Crippen LogP contribution is -2.29. The summed E-state index contributed by atoms with van der Waals surface area (Å²) < 4.78 is 0. The average Bonchev–Trinajstić information content (AvgIpc) is 2.49. The van der Waals surface area contributed by atoms with Crippen molar-refractivity contribution in [3.8, 4) is 0 Å². The third kappa shape index (κ3) is 4.30. The van der Waals surface area contributed by atoms with E-state index in [0.717, 1.165) is 5.56 Å². The summed E-state index contributed by atoms with van der Waals surface area (Å²) in [4.78, 5) is 23.2. The number of halogens is 1. The lowest BCUT2D eigenvalue weighted by Gasteiger charge is -2.06. The highest BCUT2D eigenvalue weighted by molar-refractivity contribution is 6.30. The van der Waals surface area contributed by atoms with Gasteiger partial charge in [-0.05, 0) is 42.0 Å². The van der Waals surface area contributed by atoms with E-state index in [2.05, 4.69) is 5.32 Å². The minimum absolute atomic E-state index is 0.145. The van der Waals surface area contributed by atoms with Crippen molar-refractivity contribution in [3.63, 3.8) is 0 Å². The van der Waals surface area contributed by atoms with Gasteiger partial charge in [-0.15, -0.1) is 0 Å². The molecule has 2 aromatic rings. The number of carbonyl (C=O) groups is 2. The van der Waals surface area contributed by atoms with Crippen LogP contribution in [-0.4, -0.2) is 11.8 Å². The molecule has 2 rings (SSSR count).